The Morgan fingerprint density at radius 1 is 1.56 bits per heavy atom. The molecule has 0 radical (unpaired) electrons. The molecular formula is C13H19BrN2O2. The van der Waals surface area contributed by atoms with Gasteiger partial charge in [-0.1, -0.05) is 28.9 Å². The molecule has 100 valence electrons. The van der Waals surface area contributed by atoms with Gasteiger partial charge in [0.05, 0.1) is 12.5 Å². The first-order valence-electron chi connectivity index (χ1n) is 5.81. The maximum absolute atomic E-state index is 11.5. The van der Waals surface area contributed by atoms with Crippen LogP contribution in [0.15, 0.2) is 22.7 Å². The quantitative estimate of drug-likeness (QED) is 0.870. The summed E-state index contributed by atoms with van der Waals surface area (Å²) in [5.41, 5.74) is 1.86. The molecule has 0 aliphatic heterocycles. The van der Waals surface area contributed by atoms with Gasteiger partial charge in [-0.15, -0.1) is 0 Å². The lowest BCUT2D eigenvalue weighted by Gasteiger charge is -2.23. The van der Waals surface area contributed by atoms with Gasteiger partial charge in [0.25, 0.3) is 0 Å². The number of carbonyl (C=O) groups is 1. The van der Waals surface area contributed by atoms with Crippen LogP contribution in [-0.4, -0.2) is 31.7 Å². The van der Waals surface area contributed by atoms with Crippen LogP contribution in [0.25, 0.3) is 0 Å². The minimum Gasteiger partial charge on any atom is -0.392 e. The van der Waals surface area contributed by atoms with Gasteiger partial charge in [-0.2, -0.15) is 0 Å². The number of nitrogens with zero attached hydrogens (tertiary/aromatic N) is 1. The van der Waals surface area contributed by atoms with Crippen molar-refractivity contribution < 1.29 is 9.90 Å². The minimum absolute atomic E-state index is 0.0131. The zero-order valence-corrected chi connectivity index (χ0v) is 12.5. The summed E-state index contributed by atoms with van der Waals surface area (Å²) in [7, 11) is 3.59. The number of anilines is 1. The smallest absolute Gasteiger partial charge is 0.224 e. The third kappa shape index (κ3) is 3.71. The number of nitrogens with one attached hydrogen (secondary N) is 1. The van der Waals surface area contributed by atoms with Crippen LogP contribution in [-0.2, 0) is 11.4 Å². The van der Waals surface area contributed by atoms with Crippen LogP contribution >= 0.6 is 15.9 Å². The number of aliphatic hydroxyl groups excluding tert-OH is 1. The van der Waals surface area contributed by atoms with Crippen LogP contribution in [0.5, 0.6) is 0 Å². The van der Waals surface area contributed by atoms with E-state index in [2.05, 4.69) is 21.2 Å². The van der Waals surface area contributed by atoms with Gasteiger partial charge in [-0.05, 0) is 17.7 Å². The lowest BCUT2D eigenvalue weighted by molar-refractivity contribution is -0.123. The Morgan fingerprint density at radius 2 is 2.22 bits per heavy atom. The predicted molar refractivity (Wildman–Crippen MR) is 76.6 cm³/mol. The molecular weight excluding hydrogens is 296 g/mol. The van der Waals surface area contributed by atoms with Crippen molar-refractivity contribution >= 4 is 27.5 Å². The molecule has 0 spiro atoms. The molecule has 0 saturated heterocycles. The number of benzene rings is 1. The zero-order valence-electron chi connectivity index (χ0n) is 10.9. The molecule has 1 unspecified atom stereocenters. The first kappa shape index (κ1) is 15.0. The standard InChI is InChI=1S/C13H19BrN2O2/c1-9(13(18)15-2)7-16(3)11-5-4-10(8-17)12(14)6-11/h4-6,9,17H,7-8H2,1-3H3,(H,15,18). The van der Waals surface area contributed by atoms with Crippen molar-refractivity contribution in [2.75, 3.05) is 25.5 Å². The number of halogens is 1. The Balaban J connectivity index is 2.75. The molecule has 2 N–H and O–H groups in total. The highest BCUT2D eigenvalue weighted by atomic mass is 79.9. The third-order valence-corrected chi connectivity index (χ3v) is 3.63. The van der Waals surface area contributed by atoms with E-state index in [1.54, 1.807) is 7.05 Å². The number of amides is 1. The van der Waals surface area contributed by atoms with Crippen molar-refractivity contribution in [2.24, 2.45) is 5.92 Å². The summed E-state index contributed by atoms with van der Waals surface area (Å²) in [6.07, 6.45) is 0. The van der Waals surface area contributed by atoms with Crippen molar-refractivity contribution in [2.45, 2.75) is 13.5 Å². The Hall–Kier alpha value is -1.07. The van der Waals surface area contributed by atoms with E-state index < -0.39 is 0 Å². The van der Waals surface area contributed by atoms with Crippen LogP contribution in [0.3, 0.4) is 0 Å². The predicted octanol–water partition coefficient (Wildman–Crippen LogP) is 1.76. The van der Waals surface area contributed by atoms with E-state index in [-0.39, 0.29) is 18.4 Å². The number of aliphatic hydroxyl groups is 1. The number of hydrogen-bond donors (Lipinski definition) is 2. The Bertz CT molecular complexity index is 423. The molecule has 0 aliphatic carbocycles. The highest BCUT2D eigenvalue weighted by Crippen LogP contribution is 2.24. The second-order valence-electron chi connectivity index (χ2n) is 4.33. The van der Waals surface area contributed by atoms with Crippen LogP contribution < -0.4 is 10.2 Å². The van der Waals surface area contributed by atoms with Gasteiger partial charge in [-0.25, -0.2) is 0 Å². The molecule has 5 heteroatoms. The van der Waals surface area contributed by atoms with Crippen molar-refractivity contribution in [1.29, 1.82) is 0 Å². The summed E-state index contributed by atoms with van der Waals surface area (Å²) in [6.45, 7) is 2.55. The van der Waals surface area contributed by atoms with Crippen LogP contribution in [0.1, 0.15) is 12.5 Å². The Labute approximate surface area is 116 Å². The number of carbonyl (C=O) groups excluding carboxylic acids is 1. The fraction of sp³-hybridized carbons (Fsp3) is 0.462. The highest BCUT2D eigenvalue weighted by molar-refractivity contribution is 9.10. The highest BCUT2D eigenvalue weighted by Gasteiger charge is 2.14. The van der Waals surface area contributed by atoms with Crippen molar-refractivity contribution in [3.8, 4) is 0 Å². The molecule has 4 nitrogen and oxygen atoms in total. The first-order valence-corrected chi connectivity index (χ1v) is 6.61. The van der Waals surface area contributed by atoms with E-state index in [9.17, 15) is 4.79 Å². The van der Waals surface area contributed by atoms with E-state index in [4.69, 9.17) is 5.11 Å². The molecule has 0 heterocycles. The maximum Gasteiger partial charge on any atom is 0.224 e. The summed E-state index contributed by atoms with van der Waals surface area (Å²) >= 11 is 3.42. The molecule has 1 rings (SSSR count). The molecule has 0 bridgehead atoms. The average Bonchev–Trinajstić information content (AvgIpc) is 2.37. The Morgan fingerprint density at radius 3 is 2.72 bits per heavy atom. The van der Waals surface area contributed by atoms with E-state index in [0.717, 1.165) is 15.7 Å². The number of hydrogen-bond acceptors (Lipinski definition) is 3. The third-order valence-electron chi connectivity index (χ3n) is 2.89. The maximum atomic E-state index is 11.5. The normalized spacial score (nSPS) is 12.1. The summed E-state index contributed by atoms with van der Waals surface area (Å²) in [5, 5.41) is 11.7. The minimum atomic E-state index is -0.0729. The van der Waals surface area contributed by atoms with Gasteiger partial charge < -0.3 is 15.3 Å². The van der Waals surface area contributed by atoms with Gasteiger partial charge >= 0.3 is 0 Å². The number of rotatable bonds is 5. The van der Waals surface area contributed by atoms with E-state index >= 15 is 0 Å². The van der Waals surface area contributed by atoms with Gasteiger partial charge in [0.1, 0.15) is 0 Å². The average molecular weight is 315 g/mol. The van der Waals surface area contributed by atoms with Crippen molar-refractivity contribution in [3.05, 3.63) is 28.2 Å². The summed E-state index contributed by atoms with van der Waals surface area (Å²) in [4.78, 5) is 13.5. The molecule has 0 fully saturated rings. The largest absolute Gasteiger partial charge is 0.392 e. The molecule has 1 aromatic carbocycles. The molecule has 1 atom stereocenters. The molecule has 0 saturated carbocycles. The van der Waals surface area contributed by atoms with Gasteiger partial charge in [0.2, 0.25) is 5.91 Å². The van der Waals surface area contributed by atoms with Crippen molar-refractivity contribution in [1.82, 2.24) is 5.32 Å². The van der Waals surface area contributed by atoms with E-state index in [1.165, 1.54) is 0 Å². The SMILES string of the molecule is CNC(=O)C(C)CN(C)c1ccc(CO)c(Br)c1. The summed E-state index contributed by atoms with van der Waals surface area (Å²) in [6, 6.07) is 5.76. The summed E-state index contributed by atoms with van der Waals surface area (Å²) < 4.78 is 0.877. The summed E-state index contributed by atoms with van der Waals surface area (Å²) in [5.74, 6) is -0.0378. The fourth-order valence-electron chi connectivity index (χ4n) is 1.75. The van der Waals surface area contributed by atoms with Gasteiger partial charge in [0, 0.05) is 30.8 Å². The molecule has 18 heavy (non-hydrogen) atoms. The molecule has 1 aromatic rings. The van der Waals surface area contributed by atoms with Crippen LogP contribution in [0.2, 0.25) is 0 Å². The van der Waals surface area contributed by atoms with E-state index in [1.807, 2.05) is 37.1 Å². The van der Waals surface area contributed by atoms with Crippen molar-refractivity contribution in [3.63, 3.8) is 0 Å². The lowest BCUT2D eigenvalue weighted by atomic mass is 10.1. The molecule has 1 amide bonds. The lowest BCUT2D eigenvalue weighted by Crippen LogP contribution is -2.34. The second-order valence-corrected chi connectivity index (χ2v) is 5.18. The Kier molecular flexibility index (Phi) is 5.62. The second kappa shape index (κ2) is 6.75. The van der Waals surface area contributed by atoms with Gasteiger partial charge in [-0.3, -0.25) is 4.79 Å². The first-order chi connectivity index (χ1) is 8.49. The van der Waals surface area contributed by atoms with Crippen LogP contribution in [0.4, 0.5) is 5.69 Å². The molecule has 0 aliphatic rings. The van der Waals surface area contributed by atoms with Gasteiger partial charge in [0.15, 0.2) is 0 Å². The van der Waals surface area contributed by atoms with Crippen LogP contribution in [0, 0.1) is 5.92 Å². The van der Waals surface area contributed by atoms with E-state index in [0.29, 0.717) is 6.54 Å². The molecule has 0 aromatic heterocycles. The topological polar surface area (TPSA) is 52.6 Å². The monoisotopic (exact) mass is 314 g/mol. The zero-order chi connectivity index (χ0) is 13.7. The fourth-order valence-corrected chi connectivity index (χ4v) is 2.24.